The van der Waals surface area contributed by atoms with Crippen LogP contribution in [0.2, 0.25) is 0 Å². The summed E-state index contributed by atoms with van der Waals surface area (Å²) in [6.07, 6.45) is 2.14. The van der Waals surface area contributed by atoms with E-state index in [0.717, 1.165) is 11.3 Å². The van der Waals surface area contributed by atoms with Crippen LogP contribution in [0.15, 0.2) is 85.5 Å². The van der Waals surface area contributed by atoms with Gasteiger partial charge in [0.05, 0.1) is 5.56 Å². The number of carbonyl (C=O) groups excluding carboxylic acids is 1. The summed E-state index contributed by atoms with van der Waals surface area (Å²) in [6.45, 7) is 5.71. The van der Waals surface area contributed by atoms with Gasteiger partial charge in [-0.2, -0.15) is 0 Å². The van der Waals surface area contributed by atoms with Crippen molar-refractivity contribution in [2.24, 2.45) is 0 Å². The first kappa shape index (κ1) is 17.5. The van der Waals surface area contributed by atoms with Crippen LogP contribution >= 0.6 is 10.5 Å². The van der Waals surface area contributed by atoms with Crippen molar-refractivity contribution in [3.8, 4) is 4.90 Å². The summed E-state index contributed by atoms with van der Waals surface area (Å²) >= 11 is 0. The molecule has 2 nitrogen and oxygen atoms in total. The summed E-state index contributed by atoms with van der Waals surface area (Å²) in [4.78, 5) is 13.7. The van der Waals surface area contributed by atoms with E-state index in [1.165, 1.54) is 20.2 Å². The van der Waals surface area contributed by atoms with Crippen molar-refractivity contribution in [1.29, 1.82) is 0 Å². The van der Waals surface area contributed by atoms with E-state index in [4.69, 9.17) is 4.74 Å². The molecule has 3 aromatic carbocycles. The summed E-state index contributed by atoms with van der Waals surface area (Å²) in [5.41, 5.74) is 0.585. The molecule has 0 spiro atoms. The quantitative estimate of drug-likeness (QED) is 0.217. The van der Waals surface area contributed by atoms with E-state index in [0.29, 0.717) is 5.56 Å². The van der Waals surface area contributed by atoms with Gasteiger partial charge in [-0.1, -0.05) is 49.9 Å². The van der Waals surface area contributed by atoms with Crippen molar-refractivity contribution in [2.75, 3.05) is 0 Å². The molecule has 4 aromatic rings. The molecule has 1 unspecified atom stereocenters. The maximum absolute atomic E-state index is 12.6. The molecular formula is C24H21O2S+. The fourth-order valence-corrected chi connectivity index (χ4v) is 5.79. The lowest BCUT2D eigenvalue weighted by atomic mass is 10.2. The number of hydrogen-bond acceptors (Lipinski definition) is 2. The summed E-state index contributed by atoms with van der Waals surface area (Å²) in [5, 5.41) is 2.56. The molecule has 1 heterocycles. The van der Waals surface area contributed by atoms with Gasteiger partial charge in [0.15, 0.2) is 14.3 Å². The molecule has 0 saturated carbocycles. The van der Waals surface area contributed by atoms with Crippen molar-refractivity contribution >= 4 is 36.6 Å². The first-order valence-electron chi connectivity index (χ1n) is 9.09. The average Bonchev–Trinajstić information content (AvgIpc) is 3.06. The molecule has 27 heavy (non-hydrogen) atoms. The highest BCUT2D eigenvalue weighted by atomic mass is 32.2. The lowest BCUT2D eigenvalue weighted by molar-refractivity contribution is 0.0389. The SMILES string of the molecule is C=CC(CC)OC(=O)c1cccc(-[s+]2c3ccccc3c3ccccc32)c1. The first-order valence-corrected chi connectivity index (χ1v) is 10.3. The molecule has 0 bridgehead atoms. The van der Waals surface area contributed by atoms with Crippen LogP contribution in [0.3, 0.4) is 0 Å². The molecule has 0 N–H and O–H groups in total. The maximum atomic E-state index is 12.6. The molecule has 1 aromatic heterocycles. The molecule has 0 aliphatic heterocycles. The highest BCUT2D eigenvalue weighted by Gasteiger charge is 2.24. The van der Waals surface area contributed by atoms with Gasteiger partial charge in [0.25, 0.3) is 0 Å². The topological polar surface area (TPSA) is 26.3 Å². The summed E-state index contributed by atoms with van der Waals surface area (Å²) in [5.74, 6) is -0.298. The van der Waals surface area contributed by atoms with Crippen LogP contribution in [-0.2, 0) is 4.74 Å². The normalized spacial score (nSPS) is 12.2. The third-order valence-corrected chi connectivity index (χ3v) is 7.05. The Labute approximate surface area is 161 Å². The third kappa shape index (κ3) is 3.15. The standard InChI is InChI=1S/C24H21O2S/c1-3-18(4-2)26-24(25)17-10-9-11-19(16-17)27-22-14-7-5-12-20(22)21-13-6-8-15-23(21)27/h3,5-16,18H,1,4H2,2H3/q+1. The smallest absolute Gasteiger partial charge is 0.338 e. The molecule has 3 heteroatoms. The van der Waals surface area contributed by atoms with Crippen LogP contribution in [0.5, 0.6) is 0 Å². The molecule has 0 aliphatic rings. The van der Waals surface area contributed by atoms with Gasteiger partial charge in [0, 0.05) is 27.3 Å². The van der Waals surface area contributed by atoms with Crippen molar-refractivity contribution in [3.63, 3.8) is 0 Å². The Bertz CT molecular complexity index is 1090. The van der Waals surface area contributed by atoms with Gasteiger partial charge in [-0.05, 0) is 42.8 Å². The summed E-state index contributed by atoms with van der Waals surface area (Å²) in [6, 6.07) is 24.9. The van der Waals surface area contributed by atoms with E-state index < -0.39 is 0 Å². The second kappa shape index (κ2) is 7.37. The highest BCUT2D eigenvalue weighted by Crippen LogP contribution is 2.48. The molecule has 0 radical (unpaired) electrons. The zero-order chi connectivity index (χ0) is 18.8. The first-order chi connectivity index (χ1) is 13.2. The Balaban J connectivity index is 1.85. The lowest BCUT2D eigenvalue weighted by Gasteiger charge is -2.11. The molecule has 0 aliphatic carbocycles. The van der Waals surface area contributed by atoms with Crippen LogP contribution in [0.25, 0.3) is 25.1 Å². The molecule has 1 atom stereocenters. The zero-order valence-electron chi connectivity index (χ0n) is 15.2. The minimum atomic E-state index is -0.298. The number of ether oxygens (including phenoxy) is 1. The molecule has 0 amide bonds. The van der Waals surface area contributed by atoms with Gasteiger partial charge < -0.3 is 4.74 Å². The highest BCUT2D eigenvalue weighted by molar-refractivity contribution is 7.50. The zero-order valence-corrected chi connectivity index (χ0v) is 16.0. The minimum absolute atomic E-state index is 0.212. The van der Waals surface area contributed by atoms with Crippen LogP contribution in [-0.4, -0.2) is 12.1 Å². The Morgan fingerprint density at radius 3 is 2.22 bits per heavy atom. The van der Waals surface area contributed by atoms with E-state index in [1.54, 1.807) is 6.08 Å². The van der Waals surface area contributed by atoms with Crippen LogP contribution in [0, 0.1) is 0 Å². The molecule has 4 rings (SSSR count). The Kier molecular flexibility index (Phi) is 4.78. The lowest BCUT2D eigenvalue weighted by Crippen LogP contribution is -2.14. The Hall–Kier alpha value is -2.91. The summed E-state index contributed by atoms with van der Waals surface area (Å²) in [7, 11) is -0.212. The van der Waals surface area contributed by atoms with Gasteiger partial charge >= 0.3 is 5.97 Å². The minimum Gasteiger partial charge on any atom is -0.455 e. The van der Waals surface area contributed by atoms with Crippen molar-refractivity contribution in [3.05, 3.63) is 91.0 Å². The predicted molar refractivity (Wildman–Crippen MR) is 115 cm³/mol. The molecule has 0 fully saturated rings. The Morgan fingerprint density at radius 1 is 1.00 bits per heavy atom. The van der Waals surface area contributed by atoms with E-state index in [9.17, 15) is 4.79 Å². The van der Waals surface area contributed by atoms with E-state index in [1.807, 2.05) is 25.1 Å². The third-order valence-electron chi connectivity index (χ3n) is 4.73. The van der Waals surface area contributed by atoms with Crippen molar-refractivity contribution < 1.29 is 9.53 Å². The number of hydrogen-bond donors (Lipinski definition) is 0. The van der Waals surface area contributed by atoms with Crippen LogP contribution in [0.4, 0.5) is 0 Å². The monoisotopic (exact) mass is 373 g/mol. The fourth-order valence-electron chi connectivity index (χ4n) is 3.36. The molecular weight excluding hydrogens is 352 g/mol. The molecule has 0 saturated heterocycles. The van der Waals surface area contributed by atoms with Gasteiger partial charge in [0.2, 0.25) is 0 Å². The number of esters is 1. The second-order valence-electron chi connectivity index (χ2n) is 6.41. The van der Waals surface area contributed by atoms with Gasteiger partial charge in [-0.3, -0.25) is 0 Å². The number of thiophene rings is 1. The van der Waals surface area contributed by atoms with E-state index >= 15 is 0 Å². The van der Waals surface area contributed by atoms with Crippen LogP contribution in [0.1, 0.15) is 23.7 Å². The van der Waals surface area contributed by atoms with E-state index in [2.05, 4.69) is 61.2 Å². The number of benzene rings is 3. The number of fused-ring (bicyclic) bond motifs is 3. The maximum Gasteiger partial charge on any atom is 0.338 e. The number of rotatable bonds is 5. The summed E-state index contributed by atoms with van der Waals surface area (Å²) < 4.78 is 8.15. The predicted octanol–water partition coefficient (Wildman–Crippen LogP) is 6.85. The van der Waals surface area contributed by atoms with Crippen molar-refractivity contribution in [1.82, 2.24) is 0 Å². The largest absolute Gasteiger partial charge is 0.455 e. The Morgan fingerprint density at radius 2 is 1.63 bits per heavy atom. The van der Waals surface area contributed by atoms with Gasteiger partial charge in [-0.25, -0.2) is 4.79 Å². The van der Waals surface area contributed by atoms with Crippen molar-refractivity contribution in [2.45, 2.75) is 19.4 Å². The van der Waals surface area contributed by atoms with Crippen LogP contribution < -0.4 is 0 Å². The van der Waals surface area contributed by atoms with E-state index in [-0.39, 0.29) is 22.5 Å². The van der Waals surface area contributed by atoms with Gasteiger partial charge in [0.1, 0.15) is 6.10 Å². The van der Waals surface area contributed by atoms with Gasteiger partial charge in [-0.15, -0.1) is 0 Å². The second-order valence-corrected chi connectivity index (χ2v) is 8.38. The number of carbonyl (C=O) groups is 1. The molecule has 134 valence electrons. The fraction of sp³-hybridized carbons (Fsp3) is 0.125. The average molecular weight is 373 g/mol.